The molecule has 0 fully saturated rings. The first-order valence-corrected chi connectivity index (χ1v) is 9.74. The number of anilines is 1. The molecule has 0 aliphatic rings. The summed E-state index contributed by atoms with van der Waals surface area (Å²) in [6, 6.07) is 11.6. The van der Waals surface area contributed by atoms with Crippen LogP contribution in [0.4, 0.5) is 5.69 Å². The third-order valence-electron chi connectivity index (χ3n) is 3.53. The third-order valence-corrected chi connectivity index (χ3v) is 4.68. The van der Waals surface area contributed by atoms with Crippen LogP contribution in [0.15, 0.2) is 60.0 Å². The van der Waals surface area contributed by atoms with Gasteiger partial charge in [0.1, 0.15) is 0 Å². The molecule has 0 unspecified atom stereocenters. The Morgan fingerprint density at radius 3 is 2.58 bits per heavy atom. The molecule has 0 saturated carbocycles. The smallest absolute Gasteiger partial charge is 0.262 e. The summed E-state index contributed by atoms with van der Waals surface area (Å²) in [5, 5.41) is 2.56. The van der Waals surface area contributed by atoms with Crippen LogP contribution in [0.25, 0.3) is 0 Å². The van der Waals surface area contributed by atoms with Gasteiger partial charge in [0.15, 0.2) is 27.9 Å². The molecule has 2 aromatic carbocycles. The fraction of sp³-hybridized carbons (Fsp3) is 0.211. The van der Waals surface area contributed by atoms with Gasteiger partial charge in [-0.2, -0.15) is 0 Å². The molecule has 2 rings (SSSR count). The van der Waals surface area contributed by atoms with Crippen LogP contribution in [0.2, 0.25) is 0 Å². The second-order valence-electron chi connectivity index (χ2n) is 5.58. The summed E-state index contributed by atoms with van der Waals surface area (Å²) in [6.07, 6.45) is 3.56. The van der Waals surface area contributed by atoms with Crippen molar-refractivity contribution < 1.29 is 22.7 Å². The number of carbonyl (C=O) groups excluding carboxylic acids is 1. The molecule has 0 radical (unpaired) electrons. The molecule has 0 bridgehead atoms. The second-order valence-corrected chi connectivity index (χ2v) is 7.57. The number of sulfone groups is 1. The number of nitrogens with one attached hydrogen (secondary N) is 1. The number of hydrogen-bond acceptors (Lipinski definition) is 5. The number of ether oxygens (including phenoxy) is 2. The van der Waals surface area contributed by atoms with Gasteiger partial charge in [0.05, 0.1) is 17.7 Å². The molecule has 7 heteroatoms. The van der Waals surface area contributed by atoms with Gasteiger partial charge in [-0.1, -0.05) is 24.3 Å². The topological polar surface area (TPSA) is 81.7 Å². The molecule has 0 heterocycles. The van der Waals surface area contributed by atoms with E-state index in [4.69, 9.17) is 9.47 Å². The highest BCUT2D eigenvalue weighted by Crippen LogP contribution is 2.28. The van der Waals surface area contributed by atoms with Gasteiger partial charge in [-0.3, -0.25) is 4.79 Å². The van der Waals surface area contributed by atoms with Crippen molar-refractivity contribution in [1.82, 2.24) is 0 Å². The molecule has 1 N–H and O–H groups in total. The van der Waals surface area contributed by atoms with Crippen LogP contribution in [-0.4, -0.2) is 34.3 Å². The highest BCUT2D eigenvalue weighted by Gasteiger charge is 2.15. The Morgan fingerprint density at radius 1 is 1.19 bits per heavy atom. The molecule has 0 aliphatic heterocycles. The lowest BCUT2D eigenvalue weighted by molar-refractivity contribution is -0.118. The van der Waals surface area contributed by atoms with Crippen molar-refractivity contribution in [3.8, 4) is 11.5 Å². The number of benzene rings is 2. The zero-order chi connectivity index (χ0) is 19.2. The number of allylic oxidation sites excluding steroid dienone is 1. The number of hydrogen-bond donors (Lipinski definition) is 1. The Kier molecular flexibility index (Phi) is 6.41. The lowest BCUT2D eigenvalue weighted by Gasteiger charge is -2.13. The predicted molar refractivity (Wildman–Crippen MR) is 101 cm³/mol. The molecule has 0 aliphatic carbocycles. The van der Waals surface area contributed by atoms with Gasteiger partial charge in [0.2, 0.25) is 0 Å². The van der Waals surface area contributed by atoms with E-state index in [1.54, 1.807) is 24.3 Å². The zero-order valence-electron chi connectivity index (χ0n) is 14.7. The summed E-state index contributed by atoms with van der Waals surface area (Å²) in [5.74, 6) is 0.457. The molecular weight excluding hydrogens is 354 g/mol. The molecule has 0 atom stereocenters. The van der Waals surface area contributed by atoms with Crippen LogP contribution in [0.1, 0.15) is 5.56 Å². The van der Waals surface area contributed by atoms with Crippen molar-refractivity contribution in [1.29, 1.82) is 0 Å². The molecule has 2 aromatic rings. The molecule has 1 amide bonds. The van der Waals surface area contributed by atoms with Crippen molar-refractivity contribution >= 4 is 21.4 Å². The molecule has 138 valence electrons. The van der Waals surface area contributed by atoms with Gasteiger partial charge >= 0.3 is 0 Å². The molecule has 6 nitrogen and oxygen atoms in total. The summed E-state index contributed by atoms with van der Waals surface area (Å²) in [7, 11) is -1.93. The maximum atomic E-state index is 12.1. The van der Waals surface area contributed by atoms with Gasteiger partial charge in [0, 0.05) is 6.26 Å². The first-order chi connectivity index (χ1) is 12.3. The molecule has 26 heavy (non-hydrogen) atoms. The first-order valence-electron chi connectivity index (χ1n) is 7.84. The monoisotopic (exact) mass is 375 g/mol. The highest BCUT2D eigenvalue weighted by atomic mass is 32.2. The van der Waals surface area contributed by atoms with Gasteiger partial charge in [-0.05, 0) is 36.2 Å². The minimum Gasteiger partial charge on any atom is -0.493 e. The van der Waals surface area contributed by atoms with E-state index in [-0.39, 0.29) is 17.2 Å². The average Bonchev–Trinajstić information content (AvgIpc) is 2.60. The van der Waals surface area contributed by atoms with Crippen LogP contribution < -0.4 is 14.8 Å². The average molecular weight is 375 g/mol. The lowest BCUT2D eigenvalue weighted by Crippen LogP contribution is -2.21. The van der Waals surface area contributed by atoms with Crippen molar-refractivity contribution in [3.63, 3.8) is 0 Å². The standard InChI is InChI=1S/C19H21NO5S/c1-4-7-14-10-11-16(17(12-14)24-2)25-13-19(21)20-15-8-5-6-9-18(15)26(3,22)23/h4-6,8-12H,1,7,13H2,2-3H3,(H,20,21). The minimum atomic E-state index is -3.45. The van der Waals surface area contributed by atoms with Crippen LogP contribution in [0.3, 0.4) is 0 Å². The van der Waals surface area contributed by atoms with E-state index in [1.165, 1.54) is 19.2 Å². The number of para-hydroxylation sites is 1. The molecule has 0 spiro atoms. The maximum Gasteiger partial charge on any atom is 0.262 e. The quantitative estimate of drug-likeness (QED) is 0.718. The minimum absolute atomic E-state index is 0.0553. The molecular formula is C19H21NO5S. The number of amides is 1. The van der Waals surface area contributed by atoms with Gasteiger partial charge in [-0.25, -0.2) is 8.42 Å². The Morgan fingerprint density at radius 2 is 1.92 bits per heavy atom. The van der Waals surface area contributed by atoms with Crippen LogP contribution in [-0.2, 0) is 21.1 Å². The Balaban J connectivity index is 2.07. The molecule has 0 aromatic heterocycles. The largest absolute Gasteiger partial charge is 0.493 e. The van der Waals surface area contributed by atoms with E-state index < -0.39 is 15.7 Å². The summed E-state index contributed by atoms with van der Waals surface area (Å²) < 4.78 is 34.3. The Bertz CT molecular complexity index is 906. The zero-order valence-corrected chi connectivity index (χ0v) is 15.5. The van der Waals surface area contributed by atoms with E-state index in [2.05, 4.69) is 11.9 Å². The first kappa shape index (κ1) is 19.5. The van der Waals surface area contributed by atoms with Crippen LogP contribution in [0, 0.1) is 0 Å². The van der Waals surface area contributed by atoms with E-state index in [9.17, 15) is 13.2 Å². The highest BCUT2D eigenvalue weighted by molar-refractivity contribution is 7.90. The SMILES string of the molecule is C=CCc1ccc(OCC(=O)Nc2ccccc2S(C)(=O)=O)c(OC)c1. The van der Waals surface area contributed by atoms with Crippen LogP contribution >= 0.6 is 0 Å². The van der Waals surface area contributed by atoms with E-state index in [0.717, 1.165) is 11.8 Å². The fourth-order valence-corrected chi connectivity index (χ4v) is 3.19. The number of rotatable bonds is 8. The van der Waals surface area contributed by atoms with Gasteiger partial charge < -0.3 is 14.8 Å². The van der Waals surface area contributed by atoms with Crippen molar-refractivity contribution in [2.24, 2.45) is 0 Å². The van der Waals surface area contributed by atoms with E-state index >= 15 is 0 Å². The van der Waals surface area contributed by atoms with E-state index in [1.807, 2.05) is 12.1 Å². The second kappa shape index (κ2) is 8.53. The normalized spacial score (nSPS) is 10.8. The van der Waals surface area contributed by atoms with Crippen molar-refractivity contribution in [3.05, 3.63) is 60.7 Å². The van der Waals surface area contributed by atoms with Crippen molar-refractivity contribution in [2.45, 2.75) is 11.3 Å². The number of methoxy groups -OCH3 is 1. The van der Waals surface area contributed by atoms with E-state index in [0.29, 0.717) is 17.9 Å². The Hall–Kier alpha value is -2.80. The van der Waals surface area contributed by atoms with Gasteiger partial charge in [0.25, 0.3) is 5.91 Å². The summed E-state index contributed by atoms with van der Waals surface area (Å²) in [5.41, 5.74) is 1.23. The lowest BCUT2D eigenvalue weighted by atomic mass is 10.1. The maximum absolute atomic E-state index is 12.1. The molecule has 0 saturated heterocycles. The third kappa shape index (κ3) is 5.10. The number of carbonyl (C=O) groups is 1. The fourth-order valence-electron chi connectivity index (χ4n) is 2.35. The van der Waals surface area contributed by atoms with Crippen molar-refractivity contribution in [2.75, 3.05) is 25.3 Å². The predicted octanol–water partition coefficient (Wildman–Crippen LogP) is 2.84. The van der Waals surface area contributed by atoms with Crippen LogP contribution in [0.5, 0.6) is 11.5 Å². The Labute approximate surface area is 153 Å². The summed E-state index contributed by atoms with van der Waals surface area (Å²) in [6.45, 7) is 3.41. The summed E-state index contributed by atoms with van der Waals surface area (Å²) >= 11 is 0. The van der Waals surface area contributed by atoms with Gasteiger partial charge in [-0.15, -0.1) is 6.58 Å². The summed E-state index contributed by atoms with van der Waals surface area (Å²) in [4.78, 5) is 12.2.